The smallest absolute Gasteiger partial charge is 0.322 e. The van der Waals surface area contributed by atoms with Crippen molar-refractivity contribution in [2.75, 3.05) is 11.9 Å². The predicted octanol–water partition coefficient (Wildman–Crippen LogP) is 1.98. The number of benzene rings is 1. The molecule has 104 valence electrons. The van der Waals surface area contributed by atoms with Gasteiger partial charge in [0.05, 0.1) is 6.54 Å². The van der Waals surface area contributed by atoms with E-state index in [1.165, 1.54) is 4.90 Å². The summed E-state index contributed by atoms with van der Waals surface area (Å²) in [4.78, 5) is 13.6. The maximum atomic E-state index is 12.1. The first-order valence-electron chi connectivity index (χ1n) is 6.04. The number of amidine groups is 1. The largest absolute Gasteiger partial charge is 0.409 e. The Hall–Kier alpha value is -2.24. The molecular formula is C13H20N4O2. The van der Waals surface area contributed by atoms with Crippen molar-refractivity contribution in [1.29, 1.82) is 0 Å². The van der Waals surface area contributed by atoms with E-state index in [1.54, 1.807) is 0 Å². The van der Waals surface area contributed by atoms with E-state index in [0.29, 0.717) is 5.69 Å². The Bertz CT molecular complexity index is 454. The summed E-state index contributed by atoms with van der Waals surface area (Å²) >= 11 is 0. The Morgan fingerprint density at radius 1 is 1.42 bits per heavy atom. The van der Waals surface area contributed by atoms with Crippen molar-refractivity contribution in [1.82, 2.24) is 4.90 Å². The summed E-state index contributed by atoms with van der Waals surface area (Å²) in [6, 6.07) is 7.14. The number of nitrogens with one attached hydrogen (secondary N) is 1. The Kier molecular flexibility index (Phi) is 5.17. The number of nitrogens with zero attached hydrogens (tertiary/aromatic N) is 2. The van der Waals surface area contributed by atoms with E-state index in [0.717, 1.165) is 5.56 Å². The van der Waals surface area contributed by atoms with E-state index in [2.05, 4.69) is 10.5 Å². The minimum atomic E-state index is -0.287. The molecule has 0 aliphatic heterocycles. The fourth-order valence-corrected chi connectivity index (χ4v) is 1.53. The number of anilines is 1. The number of carbonyl (C=O) groups is 1. The summed E-state index contributed by atoms with van der Waals surface area (Å²) in [5, 5.41) is 14.2. The molecule has 0 aliphatic rings. The van der Waals surface area contributed by atoms with Crippen LogP contribution in [0.1, 0.15) is 19.4 Å². The molecule has 1 rings (SSSR count). The molecule has 0 fully saturated rings. The van der Waals surface area contributed by atoms with Gasteiger partial charge in [-0.2, -0.15) is 0 Å². The molecule has 0 aliphatic carbocycles. The first-order valence-corrected chi connectivity index (χ1v) is 6.04. The van der Waals surface area contributed by atoms with Gasteiger partial charge in [-0.1, -0.05) is 22.9 Å². The van der Waals surface area contributed by atoms with Gasteiger partial charge in [0, 0.05) is 11.7 Å². The average Bonchev–Trinajstić information content (AvgIpc) is 2.37. The van der Waals surface area contributed by atoms with Crippen LogP contribution in [0, 0.1) is 6.92 Å². The Balaban J connectivity index is 2.74. The van der Waals surface area contributed by atoms with Crippen molar-refractivity contribution in [2.45, 2.75) is 26.8 Å². The molecule has 19 heavy (non-hydrogen) atoms. The number of carbonyl (C=O) groups excluding carboxylic acids is 1. The van der Waals surface area contributed by atoms with Gasteiger partial charge in [0.1, 0.15) is 0 Å². The lowest BCUT2D eigenvalue weighted by atomic mass is 10.2. The van der Waals surface area contributed by atoms with Gasteiger partial charge in [-0.15, -0.1) is 0 Å². The van der Waals surface area contributed by atoms with Crippen LogP contribution in [-0.2, 0) is 0 Å². The quantitative estimate of drug-likeness (QED) is 0.336. The van der Waals surface area contributed by atoms with Crippen LogP contribution in [0.15, 0.2) is 29.4 Å². The van der Waals surface area contributed by atoms with Crippen molar-refractivity contribution in [3.8, 4) is 0 Å². The third-order valence-electron chi connectivity index (χ3n) is 2.65. The van der Waals surface area contributed by atoms with Crippen molar-refractivity contribution in [3.05, 3.63) is 29.8 Å². The standard InChI is InChI=1S/C13H20N4O2/c1-9(2)17(8-12(14)16-19)13(18)15-11-6-4-10(3)5-7-11/h4-7,9,19H,8H2,1-3H3,(H2,14,16)(H,15,18). The van der Waals surface area contributed by atoms with Gasteiger partial charge in [-0.25, -0.2) is 4.79 Å². The summed E-state index contributed by atoms with van der Waals surface area (Å²) in [6.45, 7) is 5.77. The van der Waals surface area contributed by atoms with Crippen molar-refractivity contribution in [3.63, 3.8) is 0 Å². The van der Waals surface area contributed by atoms with E-state index in [-0.39, 0.29) is 24.5 Å². The summed E-state index contributed by atoms with van der Waals surface area (Å²) in [5.41, 5.74) is 7.27. The zero-order valence-corrected chi connectivity index (χ0v) is 11.4. The van der Waals surface area contributed by atoms with Crippen LogP contribution in [0.2, 0.25) is 0 Å². The van der Waals surface area contributed by atoms with Gasteiger partial charge in [0.25, 0.3) is 0 Å². The summed E-state index contributed by atoms with van der Waals surface area (Å²) in [5.74, 6) is -0.00671. The molecular weight excluding hydrogens is 244 g/mol. The van der Waals surface area contributed by atoms with E-state index in [9.17, 15) is 4.79 Å². The maximum absolute atomic E-state index is 12.1. The summed E-state index contributed by atoms with van der Waals surface area (Å²) in [7, 11) is 0. The normalized spacial score (nSPS) is 11.5. The number of oxime groups is 1. The van der Waals surface area contributed by atoms with Crippen molar-refractivity contribution in [2.24, 2.45) is 10.9 Å². The lowest BCUT2D eigenvalue weighted by Crippen LogP contribution is -2.45. The Labute approximate surface area is 112 Å². The monoisotopic (exact) mass is 264 g/mol. The molecule has 1 aromatic carbocycles. The second-order valence-corrected chi connectivity index (χ2v) is 4.61. The molecule has 0 atom stereocenters. The summed E-state index contributed by atoms with van der Waals surface area (Å²) < 4.78 is 0. The zero-order valence-electron chi connectivity index (χ0n) is 11.4. The molecule has 0 bridgehead atoms. The number of urea groups is 1. The second kappa shape index (κ2) is 6.63. The third kappa shape index (κ3) is 4.50. The van der Waals surface area contributed by atoms with Crippen LogP contribution in [0.5, 0.6) is 0 Å². The van der Waals surface area contributed by atoms with Gasteiger partial charge >= 0.3 is 6.03 Å². The Morgan fingerprint density at radius 3 is 2.47 bits per heavy atom. The molecule has 4 N–H and O–H groups in total. The molecule has 6 nitrogen and oxygen atoms in total. The van der Waals surface area contributed by atoms with Gasteiger partial charge in [-0.05, 0) is 32.9 Å². The number of hydrogen-bond acceptors (Lipinski definition) is 3. The molecule has 0 radical (unpaired) electrons. The highest BCUT2D eigenvalue weighted by atomic mass is 16.4. The lowest BCUT2D eigenvalue weighted by molar-refractivity contribution is 0.205. The Morgan fingerprint density at radius 2 is 2.00 bits per heavy atom. The van der Waals surface area contributed by atoms with Crippen LogP contribution in [0.4, 0.5) is 10.5 Å². The van der Waals surface area contributed by atoms with E-state index in [4.69, 9.17) is 10.9 Å². The first-order chi connectivity index (χ1) is 8.93. The number of hydrogen-bond donors (Lipinski definition) is 3. The molecule has 0 spiro atoms. The molecule has 1 aromatic rings. The highest BCUT2D eigenvalue weighted by molar-refractivity contribution is 5.93. The van der Waals surface area contributed by atoms with Gasteiger partial charge < -0.3 is 21.2 Å². The number of aryl methyl sites for hydroxylation is 1. The van der Waals surface area contributed by atoms with Crippen LogP contribution < -0.4 is 11.1 Å². The zero-order chi connectivity index (χ0) is 14.4. The molecule has 0 saturated carbocycles. The highest BCUT2D eigenvalue weighted by Gasteiger charge is 2.18. The van der Waals surface area contributed by atoms with Crippen LogP contribution >= 0.6 is 0 Å². The lowest BCUT2D eigenvalue weighted by Gasteiger charge is -2.26. The molecule has 2 amide bonds. The van der Waals surface area contributed by atoms with E-state index < -0.39 is 0 Å². The molecule has 0 heterocycles. The third-order valence-corrected chi connectivity index (χ3v) is 2.65. The predicted molar refractivity (Wildman–Crippen MR) is 75.4 cm³/mol. The van der Waals surface area contributed by atoms with E-state index in [1.807, 2.05) is 45.0 Å². The van der Waals surface area contributed by atoms with Crippen LogP contribution in [-0.4, -0.2) is 34.6 Å². The van der Waals surface area contributed by atoms with Gasteiger partial charge in [0.15, 0.2) is 5.84 Å². The van der Waals surface area contributed by atoms with Gasteiger partial charge in [0.2, 0.25) is 0 Å². The fourth-order valence-electron chi connectivity index (χ4n) is 1.53. The first kappa shape index (κ1) is 14.8. The molecule has 0 unspecified atom stereocenters. The number of nitrogens with two attached hydrogens (primary N) is 1. The molecule has 0 saturated heterocycles. The summed E-state index contributed by atoms with van der Waals surface area (Å²) in [6.07, 6.45) is 0. The minimum Gasteiger partial charge on any atom is -0.409 e. The second-order valence-electron chi connectivity index (χ2n) is 4.61. The maximum Gasteiger partial charge on any atom is 0.322 e. The average molecular weight is 264 g/mol. The van der Waals surface area contributed by atoms with Crippen molar-refractivity contribution >= 4 is 17.6 Å². The molecule has 0 aromatic heterocycles. The van der Waals surface area contributed by atoms with Crippen molar-refractivity contribution < 1.29 is 10.0 Å². The minimum absolute atomic E-state index is 0.00671. The van der Waals surface area contributed by atoms with Crippen LogP contribution in [0.25, 0.3) is 0 Å². The van der Waals surface area contributed by atoms with Gasteiger partial charge in [-0.3, -0.25) is 0 Å². The number of amides is 2. The van der Waals surface area contributed by atoms with E-state index >= 15 is 0 Å². The topological polar surface area (TPSA) is 91.0 Å². The fraction of sp³-hybridized carbons (Fsp3) is 0.385. The number of rotatable bonds is 4. The molecule has 6 heteroatoms. The van der Waals surface area contributed by atoms with Crippen LogP contribution in [0.3, 0.4) is 0 Å². The highest BCUT2D eigenvalue weighted by Crippen LogP contribution is 2.10. The SMILES string of the molecule is Cc1ccc(NC(=O)N(CC(N)=NO)C(C)C)cc1.